The number of carbonyl (C=O) groups is 2. The van der Waals surface area contributed by atoms with Crippen molar-refractivity contribution in [1.82, 2.24) is 9.88 Å². The zero-order valence-corrected chi connectivity index (χ0v) is 14.5. The lowest BCUT2D eigenvalue weighted by Gasteiger charge is -2.09. The first-order chi connectivity index (χ1) is 12.4. The molecule has 26 heavy (non-hydrogen) atoms. The summed E-state index contributed by atoms with van der Waals surface area (Å²) in [6.07, 6.45) is 1.91. The van der Waals surface area contributed by atoms with Gasteiger partial charge in [-0.15, -0.1) is 0 Å². The van der Waals surface area contributed by atoms with Gasteiger partial charge in [-0.1, -0.05) is 6.07 Å². The molecule has 0 unspecified atom stereocenters. The summed E-state index contributed by atoms with van der Waals surface area (Å²) in [6.45, 7) is 0.609. The molecular weight excluding hydrogens is 340 g/mol. The Hall–Kier alpha value is -3.29. The van der Waals surface area contributed by atoms with Gasteiger partial charge in [0.25, 0.3) is 11.5 Å². The summed E-state index contributed by atoms with van der Waals surface area (Å²) < 4.78 is 11.4. The molecule has 0 spiro atoms. The monoisotopic (exact) mass is 360 g/mol. The second kappa shape index (κ2) is 8.70. The molecule has 0 saturated carbocycles. The van der Waals surface area contributed by atoms with Crippen LogP contribution in [0.15, 0.2) is 41.3 Å². The highest BCUT2D eigenvalue weighted by Crippen LogP contribution is 2.14. The number of benzene rings is 1. The molecule has 0 aliphatic heterocycles. The van der Waals surface area contributed by atoms with Gasteiger partial charge < -0.3 is 24.5 Å². The van der Waals surface area contributed by atoms with Crippen molar-refractivity contribution in [1.29, 1.82) is 0 Å². The van der Waals surface area contributed by atoms with E-state index >= 15 is 0 Å². The summed E-state index contributed by atoms with van der Waals surface area (Å²) in [5.41, 5.74) is -0.314. The lowest BCUT2D eigenvalue weighted by Crippen LogP contribution is -2.28. The van der Waals surface area contributed by atoms with Gasteiger partial charge in [-0.2, -0.15) is 0 Å². The summed E-state index contributed by atoms with van der Waals surface area (Å²) in [5.74, 6) is -1.05. The number of ether oxygens (including phenoxy) is 2. The van der Waals surface area contributed by atoms with Crippen molar-refractivity contribution >= 4 is 11.9 Å². The third-order valence-corrected chi connectivity index (χ3v) is 3.62. The van der Waals surface area contributed by atoms with Crippen LogP contribution in [0.5, 0.6) is 11.5 Å². The summed E-state index contributed by atoms with van der Waals surface area (Å²) >= 11 is 0. The Balaban J connectivity index is 1.81. The normalized spacial score (nSPS) is 10.2. The molecule has 0 fully saturated rings. The minimum absolute atomic E-state index is 0.0696. The number of hydrogen-bond donors (Lipinski definition) is 2. The van der Waals surface area contributed by atoms with Gasteiger partial charge in [0.05, 0.1) is 24.8 Å². The second-order valence-corrected chi connectivity index (χ2v) is 5.47. The number of esters is 1. The maximum Gasteiger partial charge on any atom is 0.337 e. The molecule has 0 saturated heterocycles. The van der Waals surface area contributed by atoms with Crippen LogP contribution in [-0.4, -0.2) is 41.8 Å². The van der Waals surface area contributed by atoms with Crippen LogP contribution in [0.3, 0.4) is 0 Å². The number of aromatic hydroxyl groups is 1. The summed E-state index contributed by atoms with van der Waals surface area (Å²) in [4.78, 5) is 35.1. The first-order valence-electron chi connectivity index (χ1n) is 7.92. The summed E-state index contributed by atoms with van der Waals surface area (Å²) in [5, 5.41) is 12.3. The molecule has 8 heteroatoms. The van der Waals surface area contributed by atoms with Gasteiger partial charge in [-0.25, -0.2) is 4.79 Å². The summed E-state index contributed by atoms with van der Waals surface area (Å²) in [6, 6.07) is 7.96. The number of aromatic nitrogens is 1. The predicted molar refractivity (Wildman–Crippen MR) is 93.6 cm³/mol. The van der Waals surface area contributed by atoms with Crippen LogP contribution in [-0.2, 0) is 11.8 Å². The fourth-order valence-electron chi connectivity index (χ4n) is 2.19. The van der Waals surface area contributed by atoms with Crippen molar-refractivity contribution in [2.24, 2.45) is 7.05 Å². The van der Waals surface area contributed by atoms with Gasteiger partial charge in [-0.05, 0) is 30.7 Å². The highest BCUT2D eigenvalue weighted by Gasteiger charge is 2.14. The molecule has 0 radical (unpaired) electrons. The molecule has 2 aromatic rings. The van der Waals surface area contributed by atoms with Gasteiger partial charge in [0.15, 0.2) is 5.75 Å². The number of amides is 1. The molecule has 0 bridgehead atoms. The molecular formula is C18H20N2O6. The third-order valence-electron chi connectivity index (χ3n) is 3.62. The zero-order chi connectivity index (χ0) is 19.1. The minimum Gasteiger partial charge on any atom is -0.502 e. The molecule has 0 aliphatic carbocycles. The number of rotatable bonds is 7. The largest absolute Gasteiger partial charge is 0.502 e. The van der Waals surface area contributed by atoms with Crippen LogP contribution < -0.4 is 15.6 Å². The van der Waals surface area contributed by atoms with E-state index in [4.69, 9.17) is 4.74 Å². The fraction of sp³-hybridized carbons (Fsp3) is 0.278. The number of hydrogen-bond acceptors (Lipinski definition) is 6. The number of nitrogens with zero attached hydrogens (tertiary/aromatic N) is 1. The van der Waals surface area contributed by atoms with Gasteiger partial charge in [0.1, 0.15) is 5.75 Å². The lowest BCUT2D eigenvalue weighted by molar-refractivity contribution is 0.0600. The van der Waals surface area contributed by atoms with Crippen LogP contribution in [0.25, 0.3) is 0 Å². The Morgan fingerprint density at radius 3 is 2.77 bits per heavy atom. The van der Waals surface area contributed by atoms with Crippen LogP contribution in [0.1, 0.15) is 27.1 Å². The van der Waals surface area contributed by atoms with E-state index < -0.39 is 23.2 Å². The maximum atomic E-state index is 12.0. The number of nitrogens with one attached hydrogen (secondary N) is 1. The van der Waals surface area contributed by atoms with E-state index in [0.717, 1.165) is 0 Å². The molecule has 2 N–H and O–H groups in total. The average molecular weight is 360 g/mol. The maximum absolute atomic E-state index is 12.0. The Morgan fingerprint density at radius 1 is 1.27 bits per heavy atom. The molecule has 0 aliphatic rings. The van der Waals surface area contributed by atoms with E-state index in [1.165, 1.54) is 31.0 Å². The molecule has 1 amide bonds. The number of pyridine rings is 1. The van der Waals surface area contributed by atoms with Crippen molar-refractivity contribution < 1.29 is 24.2 Å². The standard InChI is InChI=1S/C18H20N2O6/c1-20-9-7-14(15(21)17(20)23)16(22)19-8-4-10-26-13-6-3-5-12(11-13)18(24)25-2/h3,5-7,9,11,21H,4,8,10H2,1-2H3,(H,19,22). The Labute approximate surface area is 150 Å². The van der Waals surface area contributed by atoms with E-state index in [0.29, 0.717) is 30.9 Å². The number of carbonyl (C=O) groups excluding carboxylic acids is 2. The van der Waals surface area contributed by atoms with Gasteiger partial charge >= 0.3 is 5.97 Å². The van der Waals surface area contributed by atoms with Gasteiger partial charge in [-0.3, -0.25) is 9.59 Å². The average Bonchev–Trinajstić information content (AvgIpc) is 2.65. The molecule has 2 rings (SSSR count). The highest BCUT2D eigenvalue weighted by molar-refractivity contribution is 5.96. The molecule has 1 aromatic heterocycles. The van der Waals surface area contributed by atoms with Gasteiger partial charge in [0, 0.05) is 19.8 Å². The topological polar surface area (TPSA) is 107 Å². The molecule has 138 valence electrons. The minimum atomic E-state index is -0.633. The third kappa shape index (κ3) is 4.62. The fourth-order valence-corrected chi connectivity index (χ4v) is 2.19. The van der Waals surface area contributed by atoms with E-state index in [-0.39, 0.29) is 5.56 Å². The Kier molecular flexibility index (Phi) is 6.37. The second-order valence-electron chi connectivity index (χ2n) is 5.47. The Morgan fingerprint density at radius 2 is 2.04 bits per heavy atom. The van der Waals surface area contributed by atoms with Crippen LogP contribution >= 0.6 is 0 Å². The van der Waals surface area contributed by atoms with E-state index in [9.17, 15) is 19.5 Å². The molecule has 1 heterocycles. The molecule has 8 nitrogen and oxygen atoms in total. The molecule has 1 aromatic carbocycles. The predicted octanol–water partition coefficient (Wildman–Crippen LogP) is 1.08. The molecule has 0 atom stereocenters. The van der Waals surface area contributed by atoms with Crippen LogP contribution in [0.2, 0.25) is 0 Å². The van der Waals surface area contributed by atoms with Crippen LogP contribution in [0, 0.1) is 0 Å². The van der Waals surface area contributed by atoms with Crippen molar-refractivity contribution in [3.63, 3.8) is 0 Å². The zero-order valence-electron chi connectivity index (χ0n) is 14.5. The van der Waals surface area contributed by atoms with E-state index in [1.807, 2.05) is 0 Å². The van der Waals surface area contributed by atoms with Crippen molar-refractivity contribution in [2.75, 3.05) is 20.3 Å². The van der Waals surface area contributed by atoms with Crippen molar-refractivity contribution in [3.8, 4) is 11.5 Å². The Bertz CT molecular complexity index is 859. The van der Waals surface area contributed by atoms with Crippen molar-refractivity contribution in [2.45, 2.75) is 6.42 Å². The lowest BCUT2D eigenvalue weighted by atomic mass is 10.2. The SMILES string of the molecule is COC(=O)c1cccc(OCCCNC(=O)c2ccn(C)c(=O)c2O)c1. The first kappa shape index (κ1) is 19.0. The highest BCUT2D eigenvalue weighted by atomic mass is 16.5. The summed E-state index contributed by atoms with van der Waals surface area (Å²) in [7, 11) is 2.79. The quantitative estimate of drug-likeness (QED) is 0.565. The van der Waals surface area contributed by atoms with E-state index in [1.54, 1.807) is 24.3 Å². The number of aryl methyl sites for hydroxylation is 1. The van der Waals surface area contributed by atoms with Gasteiger partial charge in [0.2, 0.25) is 0 Å². The smallest absolute Gasteiger partial charge is 0.337 e. The van der Waals surface area contributed by atoms with Crippen molar-refractivity contribution in [3.05, 3.63) is 58.0 Å². The first-order valence-corrected chi connectivity index (χ1v) is 7.92. The number of methoxy groups -OCH3 is 1. The van der Waals surface area contributed by atoms with Crippen LogP contribution in [0.4, 0.5) is 0 Å². The van der Waals surface area contributed by atoms with E-state index in [2.05, 4.69) is 10.1 Å².